The zero-order valence-corrected chi connectivity index (χ0v) is 14.3. The number of methoxy groups -OCH3 is 1. The van der Waals surface area contributed by atoms with Gasteiger partial charge in [0, 0.05) is 24.2 Å². The lowest BCUT2D eigenvalue weighted by molar-refractivity contribution is -0.125. The fourth-order valence-corrected chi connectivity index (χ4v) is 2.82. The van der Waals surface area contributed by atoms with Gasteiger partial charge in [-0.3, -0.25) is 4.79 Å². The van der Waals surface area contributed by atoms with Gasteiger partial charge in [-0.15, -0.1) is 0 Å². The fraction of sp³-hybridized carbons (Fsp3) is 0.300. The minimum absolute atomic E-state index is 0.0558. The van der Waals surface area contributed by atoms with Gasteiger partial charge >= 0.3 is 0 Å². The van der Waals surface area contributed by atoms with Crippen molar-refractivity contribution < 1.29 is 14.3 Å². The monoisotopic (exact) mass is 338 g/mol. The van der Waals surface area contributed by atoms with Crippen molar-refractivity contribution in [1.82, 2.24) is 10.3 Å². The van der Waals surface area contributed by atoms with Crippen molar-refractivity contribution in [3.63, 3.8) is 0 Å². The number of benzene rings is 1. The average molecular weight is 338 g/mol. The van der Waals surface area contributed by atoms with E-state index in [1.165, 1.54) is 0 Å². The smallest absolute Gasteiger partial charge is 0.224 e. The summed E-state index contributed by atoms with van der Waals surface area (Å²) in [6.45, 7) is 0.386. The standard InChI is InChI=1S/C20H22N2O3/c1-24-17-11-5-6-12-18(17)25-20-16(10-7-13-21-20)14-22-19(23)15-8-3-2-4-9-15/h2-3,5-7,10-13,15H,4,8-9,14H2,1H3,(H,22,23). The summed E-state index contributed by atoms with van der Waals surface area (Å²) < 4.78 is 11.2. The maximum atomic E-state index is 12.3. The van der Waals surface area contributed by atoms with Crippen molar-refractivity contribution in [2.45, 2.75) is 25.8 Å². The first-order valence-electron chi connectivity index (χ1n) is 8.45. The van der Waals surface area contributed by atoms with Crippen LogP contribution in [0.5, 0.6) is 17.4 Å². The topological polar surface area (TPSA) is 60.5 Å². The molecular formula is C20H22N2O3. The Hall–Kier alpha value is -2.82. The molecule has 0 saturated carbocycles. The molecule has 1 unspecified atom stereocenters. The molecule has 2 aromatic rings. The van der Waals surface area contributed by atoms with E-state index < -0.39 is 0 Å². The van der Waals surface area contributed by atoms with E-state index in [4.69, 9.17) is 9.47 Å². The maximum Gasteiger partial charge on any atom is 0.224 e. The number of hydrogen-bond donors (Lipinski definition) is 1. The Labute approximate surface area is 147 Å². The summed E-state index contributed by atoms with van der Waals surface area (Å²) in [5, 5.41) is 3.00. The number of amides is 1. The number of ether oxygens (including phenoxy) is 2. The van der Waals surface area contributed by atoms with Crippen LogP contribution in [0.15, 0.2) is 54.7 Å². The van der Waals surface area contributed by atoms with Crippen molar-refractivity contribution in [1.29, 1.82) is 0 Å². The van der Waals surface area contributed by atoms with E-state index in [-0.39, 0.29) is 11.8 Å². The molecule has 0 saturated heterocycles. The van der Waals surface area contributed by atoms with Crippen molar-refractivity contribution in [3.8, 4) is 17.4 Å². The molecule has 5 heteroatoms. The highest BCUT2D eigenvalue weighted by Crippen LogP contribution is 2.31. The summed E-state index contributed by atoms with van der Waals surface area (Å²) in [6, 6.07) is 11.1. The third-order valence-electron chi connectivity index (χ3n) is 4.22. The molecule has 1 aliphatic rings. The molecule has 1 atom stereocenters. The molecule has 5 nitrogen and oxygen atoms in total. The number of carbonyl (C=O) groups is 1. The van der Waals surface area contributed by atoms with Crippen molar-refractivity contribution in [3.05, 3.63) is 60.3 Å². The highest BCUT2D eigenvalue weighted by molar-refractivity contribution is 5.79. The lowest BCUT2D eigenvalue weighted by Crippen LogP contribution is -2.30. The Balaban J connectivity index is 1.68. The number of nitrogens with one attached hydrogen (secondary N) is 1. The third-order valence-corrected chi connectivity index (χ3v) is 4.22. The molecule has 0 radical (unpaired) electrons. The van der Waals surface area contributed by atoms with E-state index in [1.54, 1.807) is 13.3 Å². The normalized spacial score (nSPS) is 16.3. The van der Waals surface area contributed by atoms with Gasteiger partial charge in [-0.25, -0.2) is 4.98 Å². The van der Waals surface area contributed by atoms with E-state index >= 15 is 0 Å². The molecule has 0 fully saturated rings. The summed E-state index contributed by atoms with van der Waals surface area (Å²) in [6.07, 6.45) is 8.55. The Morgan fingerprint density at radius 2 is 2.04 bits per heavy atom. The third kappa shape index (κ3) is 4.38. The van der Waals surface area contributed by atoms with E-state index in [1.807, 2.05) is 36.4 Å². The number of hydrogen-bond acceptors (Lipinski definition) is 4. The molecule has 0 bridgehead atoms. The van der Waals surface area contributed by atoms with Crippen LogP contribution in [0.25, 0.3) is 0 Å². The SMILES string of the molecule is COc1ccccc1Oc1ncccc1CNC(=O)C1CC=CCC1. The number of aromatic nitrogens is 1. The van der Waals surface area contributed by atoms with Gasteiger partial charge in [-0.05, 0) is 37.5 Å². The highest BCUT2D eigenvalue weighted by Gasteiger charge is 2.19. The fourth-order valence-electron chi connectivity index (χ4n) is 2.82. The second-order valence-electron chi connectivity index (χ2n) is 5.92. The first-order valence-corrected chi connectivity index (χ1v) is 8.45. The van der Waals surface area contributed by atoms with Crippen LogP contribution in [0.4, 0.5) is 0 Å². The van der Waals surface area contributed by atoms with Crippen molar-refractivity contribution in [2.24, 2.45) is 5.92 Å². The van der Waals surface area contributed by atoms with E-state index in [0.29, 0.717) is 23.9 Å². The molecule has 1 amide bonds. The lowest BCUT2D eigenvalue weighted by atomic mass is 9.93. The van der Waals surface area contributed by atoms with Gasteiger partial charge in [0.2, 0.25) is 11.8 Å². The predicted octanol–water partition coefficient (Wildman–Crippen LogP) is 3.86. The summed E-state index contributed by atoms with van der Waals surface area (Å²) in [5.41, 5.74) is 0.827. The van der Waals surface area contributed by atoms with Crippen LogP contribution in [0, 0.1) is 5.92 Å². The van der Waals surface area contributed by atoms with Crippen molar-refractivity contribution in [2.75, 3.05) is 7.11 Å². The molecule has 1 aromatic carbocycles. The average Bonchev–Trinajstić information content (AvgIpc) is 2.68. The molecule has 1 N–H and O–H groups in total. The predicted molar refractivity (Wildman–Crippen MR) is 95.6 cm³/mol. The van der Waals surface area contributed by atoms with Gasteiger partial charge in [0.25, 0.3) is 0 Å². The van der Waals surface area contributed by atoms with Crippen molar-refractivity contribution >= 4 is 5.91 Å². The van der Waals surface area contributed by atoms with E-state index in [0.717, 1.165) is 24.8 Å². The number of pyridine rings is 1. The Morgan fingerprint density at radius 3 is 2.80 bits per heavy atom. The summed E-state index contributed by atoms with van der Waals surface area (Å²) >= 11 is 0. The number of carbonyl (C=O) groups excluding carboxylic acids is 1. The largest absolute Gasteiger partial charge is 0.493 e. The highest BCUT2D eigenvalue weighted by atomic mass is 16.5. The zero-order valence-electron chi connectivity index (χ0n) is 14.3. The lowest BCUT2D eigenvalue weighted by Gasteiger charge is -2.18. The summed E-state index contributed by atoms with van der Waals surface area (Å²) in [5.74, 6) is 1.83. The van der Waals surface area contributed by atoms with Crippen LogP contribution in [0.2, 0.25) is 0 Å². The van der Waals surface area contributed by atoms with E-state index in [9.17, 15) is 4.79 Å². The Bertz CT molecular complexity index is 758. The van der Waals surface area contributed by atoms with Gasteiger partial charge in [0.1, 0.15) is 0 Å². The molecule has 3 rings (SSSR count). The van der Waals surface area contributed by atoms with Crippen LogP contribution < -0.4 is 14.8 Å². The Kier molecular flexibility index (Phi) is 5.67. The summed E-state index contributed by atoms with van der Waals surface area (Å²) in [4.78, 5) is 16.6. The summed E-state index contributed by atoms with van der Waals surface area (Å²) in [7, 11) is 1.60. The minimum atomic E-state index is 0.0558. The second-order valence-corrected chi connectivity index (χ2v) is 5.92. The molecule has 130 valence electrons. The van der Waals surface area contributed by atoms with Gasteiger partial charge in [-0.2, -0.15) is 0 Å². The first-order chi connectivity index (χ1) is 12.3. The molecule has 1 aliphatic carbocycles. The molecule has 1 aromatic heterocycles. The second kappa shape index (κ2) is 8.33. The molecule has 1 heterocycles. The quantitative estimate of drug-likeness (QED) is 0.813. The molecule has 0 spiro atoms. The minimum Gasteiger partial charge on any atom is -0.493 e. The zero-order chi connectivity index (χ0) is 17.5. The van der Waals surface area contributed by atoms with Gasteiger partial charge < -0.3 is 14.8 Å². The number of allylic oxidation sites excluding steroid dienone is 2. The van der Waals surface area contributed by atoms with Crippen LogP contribution in [-0.4, -0.2) is 18.0 Å². The molecular weight excluding hydrogens is 316 g/mol. The number of rotatable bonds is 6. The van der Waals surface area contributed by atoms with Gasteiger partial charge in [-0.1, -0.05) is 30.4 Å². The van der Waals surface area contributed by atoms with Crippen LogP contribution in [-0.2, 0) is 11.3 Å². The molecule has 25 heavy (non-hydrogen) atoms. The van der Waals surface area contributed by atoms with Gasteiger partial charge in [0.05, 0.1) is 7.11 Å². The van der Waals surface area contributed by atoms with Crippen LogP contribution in [0.3, 0.4) is 0 Å². The number of nitrogens with zero attached hydrogens (tertiary/aromatic N) is 1. The van der Waals surface area contributed by atoms with E-state index in [2.05, 4.69) is 22.5 Å². The maximum absolute atomic E-state index is 12.3. The number of para-hydroxylation sites is 2. The van der Waals surface area contributed by atoms with Gasteiger partial charge in [0.15, 0.2) is 11.5 Å². The van der Waals surface area contributed by atoms with Crippen LogP contribution in [0.1, 0.15) is 24.8 Å². The van der Waals surface area contributed by atoms with Crippen LogP contribution >= 0.6 is 0 Å². The Morgan fingerprint density at radius 1 is 1.20 bits per heavy atom. The first kappa shape index (κ1) is 17.0. The molecule has 0 aliphatic heterocycles.